The average Bonchev–Trinajstić information content (AvgIpc) is 3.20. The van der Waals surface area contributed by atoms with Crippen LogP contribution in [-0.2, 0) is 6.54 Å². The van der Waals surface area contributed by atoms with Crippen molar-refractivity contribution in [3.8, 4) is 11.3 Å². The second kappa shape index (κ2) is 9.29. The van der Waals surface area contributed by atoms with E-state index in [9.17, 15) is 0 Å². The minimum atomic E-state index is 0.446. The molecule has 1 saturated carbocycles. The molecule has 0 bridgehead atoms. The van der Waals surface area contributed by atoms with Gasteiger partial charge in [0.15, 0.2) is 11.3 Å². The Bertz CT molecular complexity index is 1110. The van der Waals surface area contributed by atoms with Crippen molar-refractivity contribution in [2.45, 2.75) is 57.5 Å². The molecule has 1 fully saturated rings. The normalized spacial score (nSPS) is 15.5. The van der Waals surface area contributed by atoms with Crippen molar-refractivity contribution in [2.24, 2.45) is 0 Å². The number of fused-ring (bicyclic) bond motifs is 1. The van der Waals surface area contributed by atoms with Crippen LogP contribution >= 0.6 is 0 Å². The second-order valence-corrected chi connectivity index (χ2v) is 8.51. The Hall–Kier alpha value is -3.21. The van der Waals surface area contributed by atoms with Crippen LogP contribution < -0.4 is 5.32 Å². The van der Waals surface area contributed by atoms with Crippen LogP contribution in [0.4, 0.5) is 5.82 Å². The van der Waals surface area contributed by atoms with Crippen LogP contribution in [-0.4, -0.2) is 26.0 Å². The maximum atomic E-state index is 5.01. The maximum absolute atomic E-state index is 5.01. The highest BCUT2D eigenvalue weighted by molar-refractivity contribution is 5.89. The van der Waals surface area contributed by atoms with Crippen molar-refractivity contribution in [3.05, 3.63) is 72.3 Å². The third kappa shape index (κ3) is 4.61. The fourth-order valence-electron chi connectivity index (χ4n) is 4.49. The van der Waals surface area contributed by atoms with Gasteiger partial charge in [-0.15, -0.1) is 5.10 Å². The molecule has 0 unspecified atom stereocenters. The number of rotatable bonds is 5. The van der Waals surface area contributed by atoms with Gasteiger partial charge in [-0.05, 0) is 24.5 Å². The van der Waals surface area contributed by atoms with E-state index in [1.165, 1.54) is 50.5 Å². The minimum Gasteiger partial charge on any atom is -0.365 e. The average molecular weight is 412 g/mol. The summed E-state index contributed by atoms with van der Waals surface area (Å²) < 4.78 is 1.99. The monoisotopic (exact) mass is 411 g/mol. The highest BCUT2D eigenvalue weighted by Crippen LogP contribution is 2.29. The summed E-state index contributed by atoms with van der Waals surface area (Å²) in [6.07, 6.45) is 8.97. The first-order chi connectivity index (χ1) is 15.4. The van der Waals surface area contributed by atoms with E-state index >= 15 is 0 Å². The Labute approximate surface area is 183 Å². The zero-order valence-electron chi connectivity index (χ0n) is 17.9. The van der Waals surface area contributed by atoms with Crippen LogP contribution in [0.1, 0.15) is 50.5 Å². The summed E-state index contributed by atoms with van der Waals surface area (Å²) in [6, 6.07) is 23.4. The van der Waals surface area contributed by atoms with E-state index in [2.05, 4.69) is 70.2 Å². The van der Waals surface area contributed by atoms with E-state index in [4.69, 9.17) is 4.98 Å². The number of nitrogens with one attached hydrogen (secondary N) is 1. The number of hydrogen-bond acceptors (Lipinski definition) is 4. The largest absolute Gasteiger partial charge is 0.365 e. The molecule has 4 aromatic rings. The van der Waals surface area contributed by atoms with Crippen molar-refractivity contribution in [3.63, 3.8) is 0 Å². The van der Waals surface area contributed by atoms with Crippen molar-refractivity contribution in [2.75, 3.05) is 5.32 Å². The van der Waals surface area contributed by atoms with Crippen LogP contribution in [0.5, 0.6) is 0 Å². The van der Waals surface area contributed by atoms with Gasteiger partial charge in [0.25, 0.3) is 0 Å². The first-order valence-electron chi connectivity index (χ1n) is 11.5. The zero-order valence-corrected chi connectivity index (χ0v) is 17.9. The Morgan fingerprint density at radius 2 is 1.52 bits per heavy atom. The molecule has 158 valence electrons. The standard InChI is InChI=1S/C26H29N5/c1-2-10-16-22(17-11-3-1)27-26-25-24(18-23(28-26)21-14-8-5-9-15-21)31(30-29-25)19-20-12-6-4-7-13-20/h4-9,12-15,18,22H,1-3,10-11,16-17,19H2,(H,27,28). The SMILES string of the molecule is c1ccc(Cn2nnc3c(NC4CCCCCCC4)nc(-c4ccccc4)cc32)cc1. The number of pyridine rings is 1. The smallest absolute Gasteiger partial charge is 0.157 e. The molecule has 5 rings (SSSR count). The van der Waals surface area contributed by atoms with Gasteiger partial charge in [0.1, 0.15) is 0 Å². The van der Waals surface area contributed by atoms with E-state index in [0.29, 0.717) is 12.6 Å². The fraction of sp³-hybridized carbons (Fsp3) is 0.346. The van der Waals surface area contributed by atoms with Gasteiger partial charge in [0.05, 0.1) is 17.8 Å². The van der Waals surface area contributed by atoms with Crippen molar-refractivity contribution < 1.29 is 0 Å². The van der Waals surface area contributed by atoms with Gasteiger partial charge in [0.2, 0.25) is 0 Å². The van der Waals surface area contributed by atoms with Gasteiger partial charge in [-0.2, -0.15) is 0 Å². The molecule has 5 nitrogen and oxygen atoms in total. The first-order valence-corrected chi connectivity index (χ1v) is 11.5. The van der Waals surface area contributed by atoms with Crippen LogP contribution in [0.15, 0.2) is 66.7 Å². The number of benzene rings is 2. The number of nitrogens with zero attached hydrogens (tertiary/aromatic N) is 4. The Morgan fingerprint density at radius 3 is 2.26 bits per heavy atom. The molecule has 2 heterocycles. The summed E-state index contributed by atoms with van der Waals surface area (Å²) in [6.45, 7) is 0.693. The molecular formula is C26H29N5. The lowest BCUT2D eigenvalue weighted by atomic mass is 9.97. The van der Waals surface area contributed by atoms with Crippen molar-refractivity contribution in [1.82, 2.24) is 20.0 Å². The highest BCUT2D eigenvalue weighted by atomic mass is 15.4. The second-order valence-electron chi connectivity index (χ2n) is 8.51. The lowest BCUT2D eigenvalue weighted by Crippen LogP contribution is -2.21. The van der Waals surface area contributed by atoms with E-state index in [1.807, 2.05) is 16.8 Å². The molecule has 5 heteroatoms. The molecule has 1 aliphatic rings. The van der Waals surface area contributed by atoms with Crippen LogP contribution in [0, 0.1) is 0 Å². The molecule has 0 atom stereocenters. The van der Waals surface area contributed by atoms with Gasteiger partial charge in [-0.1, -0.05) is 98.0 Å². The van der Waals surface area contributed by atoms with E-state index in [-0.39, 0.29) is 0 Å². The molecule has 1 aliphatic carbocycles. The van der Waals surface area contributed by atoms with E-state index in [0.717, 1.165) is 28.1 Å². The molecule has 0 saturated heterocycles. The summed E-state index contributed by atoms with van der Waals surface area (Å²) in [5.41, 5.74) is 5.15. The zero-order chi connectivity index (χ0) is 20.9. The minimum absolute atomic E-state index is 0.446. The van der Waals surface area contributed by atoms with Crippen LogP contribution in [0.2, 0.25) is 0 Å². The third-order valence-electron chi connectivity index (χ3n) is 6.19. The number of aromatic nitrogens is 4. The summed E-state index contributed by atoms with van der Waals surface area (Å²) in [4.78, 5) is 5.01. The maximum Gasteiger partial charge on any atom is 0.157 e. The van der Waals surface area contributed by atoms with Gasteiger partial charge in [0, 0.05) is 11.6 Å². The highest BCUT2D eigenvalue weighted by Gasteiger charge is 2.18. The first kappa shape index (κ1) is 19.7. The lowest BCUT2D eigenvalue weighted by Gasteiger charge is -2.22. The van der Waals surface area contributed by atoms with Gasteiger partial charge in [-0.25, -0.2) is 9.67 Å². The Morgan fingerprint density at radius 1 is 0.839 bits per heavy atom. The summed E-state index contributed by atoms with van der Waals surface area (Å²) in [5, 5.41) is 12.8. The molecule has 0 spiro atoms. The molecule has 0 radical (unpaired) electrons. The van der Waals surface area contributed by atoms with E-state index in [1.54, 1.807) is 0 Å². The van der Waals surface area contributed by atoms with E-state index < -0.39 is 0 Å². The number of hydrogen-bond donors (Lipinski definition) is 1. The topological polar surface area (TPSA) is 55.6 Å². The summed E-state index contributed by atoms with van der Waals surface area (Å²) in [7, 11) is 0. The van der Waals surface area contributed by atoms with Gasteiger partial charge >= 0.3 is 0 Å². The third-order valence-corrected chi connectivity index (χ3v) is 6.19. The quantitative estimate of drug-likeness (QED) is 0.433. The van der Waals surface area contributed by atoms with Crippen LogP contribution in [0.25, 0.3) is 22.3 Å². The fourth-order valence-corrected chi connectivity index (χ4v) is 4.49. The Balaban J connectivity index is 1.54. The summed E-state index contributed by atoms with van der Waals surface area (Å²) in [5.74, 6) is 0.862. The van der Waals surface area contributed by atoms with Crippen molar-refractivity contribution >= 4 is 16.9 Å². The predicted molar refractivity (Wildman–Crippen MR) is 126 cm³/mol. The molecule has 1 N–H and O–H groups in total. The Kier molecular flexibility index (Phi) is 5.92. The molecular weight excluding hydrogens is 382 g/mol. The molecule has 2 aromatic carbocycles. The molecule has 2 aromatic heterocycles. The predicted octanol–water partition coefficient (Wildman–Crippen LogP) is 6.07. The summed E-state index contributed by atoms with van der Waals surface area (Å²) >= 11 is 0. The number of anilines is 1. The lowest BCUT2D eigenvalue weighted by molar-refractivity contribution is 0.471. The molecule has 31 heavy (non-hydrogen) atoms. The van der Waals surface area contributed by atoms with Crippen molar-refractivity contribution in [1.29, 1.82) is 0 Å². The molecule has 0 aliphatic heterocycles. The van der Waals surface area contributed by atoms with Gasteiger partial charge in [-0.3, -0.25) is 0 Å². The van der Waals surface area contributed by atoms with Gasteiger partial charge < -0.3 is 5.32 Å². The molecule has 0 amide bonds. The van der Waals surface area contributed by atoms with Crippen LogP contribution in [0.3, 0.4) is 0 Å².